The maximum atomic E-state index is 11.2. The number of rotatable bonds is 2. The summed E-state index contributed by atoms with van der Waals surface area (Å²) in [4.78, 5) is 11.2. The zero-order valence-electron chi connectivity index (χ0n) is 7.36. The zero-order chi connectivity index (χ0) is 9.52. The molecule has 2 heteroatoms. The Kier molecular flexibility index (Phi) is 3.55. The van der Waals surface area contributed by atoms with E-state index in [1.807, 2.05) is 6.07 Å². The molecular weight excluding hydrogens is 164 g/mol. The summed E-state index contributed by atoms with van der Waals surface area (Å²) >= 11 is 0. The third-order valence-electron chi connectivity index (χ3n) is 1.41. The molecule has 0 spiro atoms. The quantitative estimate of drug-likeness (QED) is 0.391. The minimum atomic E-state index is -0.366. The SMILES string of the molecule is CC=C=COC(=O)c1ccccc1. The van der Waals surface area contributed by atoms with E-state index in [4.69, 9.17) is 4.74 Å². The first-order valence-electron chi connectivity index (χ1n) is 3.96. The fourth-order valence-electron chi connectivity index (χ4n) is 0.798. The second-order valence-corrected chi connectivity index (χ2v) is 2.34. The second-order valence-electron chi connectivity index (χ2n) is 2.34. The van der Waals surface area contributed by atoms with Crippen molar-refractivity contribution < 1.29 is 9.53 Å². The molecule has 0 saturated carbocycles. The van der Waals surface area contributed by atoms with Crippen LogP contribution in [0.1, 0.15) is 17.3 Å². The molecule has 13 heavy (non-hydrogen) atoms. The number of esters is 1. The van der Waals surface area contributed by atoms with Gasteiger partial charge in [0.1, 0.15) is 6.26 Å². The molecule has 0 bridgehead atoms. The average molecular weight is 174 g/mol. The first kappa shape index (κ1) is 9.30. The maximum absolute atomic E-state index is 11.2. The van der Waals surface area contributed by atoms with Gasteiger partial charge in [0, 0.05) is 0 Å². The monoisotopic (exact) mass is 174 g/mol. The van der Waals surface area contributed by atoms with Crippen molar-refractivity contribution in [3.63, 3.8) is 0 Å². The Balaban J connectivity index is 2.65. The number of hydrogen-bond donors (Lipinski definition) is 0. The van der Waals surface area contributed by atoms with E-state index in [1.165, 1.54) is 6.26 Å². The van der Waals surface area contributed by atoms with Crippen molar-refractivity contribution in [2.24, 2.45) is 0 Å². The smallest absolute Gasteiger partial charge is 0.343 e. The van der Waals surface area contributed by atoms with Gasteiger partial charge in [-0.25, -0.2) is 4.79 Å². The molecule has 0 aliphatic rings. The lowest BCUT2D eigenvalue weighted by atomic mass is 10.2. The Morgan fingerprint density at radius 3 is 2.69 bits per heavy atom. The minimum absolute atomic E-state index is 0.366. The van der Waals surface area contributed by atoms with Crippen molar-refractivity contribution in [1.29, 1.82) is 0 Å². The highest BCUT2D eigenvalue weighted by atomic mass is 16.5. The molecule has 2 nitrogen and oxygen atoms in total. The van der Waals surface area contributed by atoms with E-state index in [9.17, 15) is 4.79 Å². The van der Waals surface area contributed by atoms with E-state index < -0.39 is 0 Å². The van der Waals surface area contributed by atoms with E-state index in [1.54, 1.807) is 37.3 Å². The van der Waals surface area contributed by atoms with Crippen LogP contribution in [0.15, 0.2) is 48.4 Å². The van der Waals surface area contributed by atoms with Crippen molar-refractivity contribution in [3.8, 4) is 0 Å². The number of carbonyl (C=O) groups excluding carboxylic acids is 1. The lowest BCUT2D eigenvalue weighted by molar-refractivity contribution is 0.0663. The van der Waals surface area contributed by atoms with Gasteiger partial charge in [-0.05, 0) is 25.1 Å². The van der Waals surface area contributed by atoms with Crippen LogP contribution in [-0.4, -0.2) is 5.97 Å². The van der Waals surface area contributed by atoms with Gasteiger partial charge >= 0.3 is 5.97 Å². The Bertz CT molecular complexity index is 332. The van der Waals surface area contributed by atoms with Gasteiger partial charge in [-0.3, -0.25) is 0 Å². The van der Waals surface area contributed by atoms with Crippen molar-refractivity contribution in [3.05, 3.63) is 54.0 Å². The van der Waals surface area contributed by atoms with E-state index >= 15 is 0 Å². The summed E-state index contributed by atoms with van der Waals surface area (Å²) in [6.07, 6.45) is 2.91. The fourth-order valence-corrected chi connectivity index (χ4v) is 0.798. The number of ether oxygens (including phenoxy) is 1. The van der Waals surface area contributed by atoms with Crippen molar-refractivity contribution in [2.75, 3.05) is 0 Å². The van der Waals surface area contributed by atoms with Crippen LogP contribution in [0.5, 0.6) is 0 Å². The predicted molar refractivity (Wildman–Crippen MR) is 50.2 cm³/mol. The van der Waals surface area contributed by atoms with E-state index in [0.29, 0.717) is 5.56 Å². The highest BCUT2D eigenvalue weighted by Crippen LogP contribution is 2.00. The van der Waals surface area contributed by atoms with Crippen molar-refractivity contribution >= 4 is 5.97 Å². The van der Waals surface area contributed by atoms with Gasteiger partial charge in [0.25, 0.3) is 0 Å². The van der Waals surface area contributed by atoms with Gasteiger partial charge < -0.3 is 4.74 Å². The summed E-state index contributed by atoms with van der Waals surface area (Å²) in [5, 5.41) is 0. The molecular formula is C11H10O2. The van der Waals surface area contributed by atoms with Gasteiger partial charge in [0.2, 0.25) is 0 Å². The summed E-state index contributed by atoms with van der Waals surface area (Å²) < 4.78 is 4.76. The molecule has 0 saturated heterocycles. The Morgan fingerprint density at radius 1 is 1.38 bits per heavy atom. The molecule has 0 fully saturated rings. The Labute approximate surface area is 77.2 Å². The molecule has 0 heterocycles. The van der Waals surface area contributed by atoms with Crippen LogP contribution in [0.25, 0.3) is 0 Å². The number of allylic oxidation sites excluding steroid dienone is 1. The third-order valence-corrected chi connectivity index (χ3v) is 1.41. The van der Waals surface area contributed by atoms with E-state index in [0.717, 1.165) is 0 Å². The van der Waals surface area contributed by atoms with Crippen molar-refractivity contribution in [1.82, 2.24) is 0 Å². The Morgan fingerprint density at radius 2 is 2.08 bits per heavy atom. The molecule has 0 aliphatic heterocycles. The predicted octanol–water partition coefficient (Wildman–Crippen LogP) is 2.53. The van der Waals surface area contributed by atoms with Crippen LogP contribution in [0.2, 0.25) is 0 Å². The first-order valence-corrected chi connectivity index (χ1v) is 3.96. The average Bonchev–Trinajstić information content (AvgIpc) is 2.19. The topological polar surface area (TPSA) is 26.3 Å². The summed E-state index contributed by atoms with van der Waals surface area (Å²) in [5.41, 5.74) is 3.19. The molecule has 0 radical (unpaired) electrons. The number of carbonyl (C=O) groups is 1. The van der Waals surface area contributed by atoms with Gasteiger partial charge in [0.15, 0.2) is 0 Å². The summed E-state index contributed by atoms with van der Waals surface area (Å²) in [7, 11) is 0. The summed E-state index contributed by atoms with van der Waals surface area (Å²) in [6, 6.07) is 8.82. The molecule has 1 rings (SSSR count). The number of hydrogen-bond acceptors (Lipinski definition) is 2. The lowest BCUT2D eigenvalue weighted by Gasteiger charge is -1.96. The second kappa shape index (κ2) is 4.96. The van der Waals surface area contributed by atoms with Crippen LogP contribution < -0.4 is 0 Å². The first-order chi connectivity index (χ1) is 6.34. The third kappa shape index (κ3) is 2.97. The van der Waals surface area contributed by atoms with Gasteiger partial charge in [0.05, 0.1) is 5.56 Å². The van der Waals surface area contributed by atoms with E-state index in [2.05, 4.69) is 5.73 Å². The molecule has 0 amide bonds. The molecule has 0 atom stereocenters. The zero-order valence-corrected chi connectivity index (χ0v) is 7.36. The van der Waals surface area contributed by atoms with Crippen LogP contribution in [0, 0.1) is 0 Å². The van der Waals surface area contributed by atoms with Crippen LogP contribution in [0.3, 0.4) is 0 Å². The van der Waals surface area contributed by atoms with Crippen molar-refractivity contribution in [2.45, 2.75) is 6.92 Å². The maximum Gasteiger partial charge on any atom is 0.343 e. The summed E-state index contributed by atoms with van der Waals surface area (Å²) in [6.45, 7) is 1.80. The highest BCUT2D eigenvalue weighted by Gasteiger charge is 2.02. The summed E-state index contributed by atoms with van der Waals surface area (Å²) in [5.74, 6) is -0.366. The Hall–Kier alpha value is -1.79. The molecule has 1 aromatic rings. The molecule has 0 unspecified atom stereocenters. The fraction of sp³-hybridized carbons (Fsp3) is 0.0909. The standard InChI is InChI=1S/C11H10O2/c1-2-3-9-13-11(12)10-7-5-4-6-8-10/h2,4-9H,1H3. The molecule has 1 aromatic carbocycles. The molecule has 66 valence electrons. The minimum Gasteiger partial charge on any atom is -0.422 e. The molecule has 0 N–H and O–H groups in total. The highest BCUT2D eigenvalue weighted by molar-refractivity contribution is 5.89. The normalized spacial score (nSPS) is 8.38. The van der Waals surface area contributed by atoms with E-state index in [-0.39, 0.29) is 5.97 Å². The molecule has 0 aromatic heterocycles. The lowest BCUT2D eigenvalue weighted by Crippen LogP contribution is -1.98. The van der Waals surface area contributed by atoms with Crippen LogP contribution in [-0.2, 0) is 4.74 Å². The molecule has 0 aliphatic carbocycles. The van der Waals surface area contributed by atoms with Crippen LogP contribution in [0.4, 0.5) is 0 Å². The van der Waals surface area contributed by atoms with Gasteiger partial charge in [-0.15, -0.1) is 0 Å². The number of benzene rings is 1. The van der Waals surface area contributed by atoms with Gasteiger partial charge in [-0.1, -0.05) is 23.9 Å². The van der Waals surface area contributed by atoms with Crippen LogP contribution >= 0.6 is 0 Å². The largest absolute Gasteiger partial charge is 0.422 e. The van der Waals surface area contributed by atoms with Gasteiger partial charge in [-0.2, -0.15) is 0 Å².